The molecule has 0 unspecified atom stereocenters. The molecule has 0 atom stereocenters. The molecule has 4 aromatic rings. The summed E-state index contributed by atoms with van der Waals surface area (Å²) in [6.07, 6.45) is 16.6. The maximum absolute atomic E-state index is 12.2. The first-order valence-corrected chi connectivity index (χ1v) is 22.8. The van der Waals surface area contributed by atoms with Crippen molar-refractivity contribution in [2.45, 2.75) is 70.6 Å². The van der Waals surface area contributed by atoms with Crippen molar-refractivity contribution < 1.29 is 35.2 Å². The number of phenolic OH excluding ortho intramolecular Hbond substituents is 4. The van der Waals surface area contributed by atoms with Crippen LogP contribution < -0.4 is 0 Å². The zero-order valence-electron chi connectivity index (χ0n) is 38.3. The Balaban J connectivity index is 1.18. The van der Waals surface area contributed by atoms with E-state index in [1.165, 1.54) is 36.5 Å². The van der Waals surface area contributed by atoms with Crippen molar-refractivity contribution in [2.75, 3.05) is 0 Å². The minimum Gasteiger partial charge on any atom is -0.507 e. The number of nitro groups is 3. The first-order valence-electron chi connectivity index (χ1n) is 22.8. The van der Waals surface area contributed by atoms with Crippen molar-refractivity contribution >= 4 is 22.7 Å². The van der Waals surface area contributed by atoms with E-state index in [9.17, 15) is 50.8 Å². The van der Waals surface area contributed by atoms with Gasteiger partial charge in [0.15, 0.2) is 0 Å². The van der Waals surface area contributed by atoms with Crippen LogP contribution in [0.3, 0.4) is 0 Å². The Morgan fingerprint density at radius 3 is 0.958 bits per heavy atom. The van der Waals surface area contributed by atoms with Gasteiger partial charge in [0.25, 0.3) is 17.1 Å². The standard InChI is InChI=1S/C51H43N11O10/c63-48-29-5-1-2-6-30-19-42(57-53-38-9-12-45(26-38)60(67)68)21-32(49(30)64)16-34-23-44(59-55-40-11-14-47(28-40)62(71)72)25-36(51(34)66)17-35-24-43(58-54-39-10-13-46(27-39)61(69)70)22-33(50(35)65)15-31(48)20-41(18-29)56-52-37-7-3-4-8-37/h3-4,7,12-14,18-28,63-66H,1-2,5-6,8-11,15-17H2. The summed E-state index contributed by atoms with van der Waals surface area (Å²) in [6, 6.07) is 13.0. The lowest BCUT2D eigenvalue weighted by atomic mass is 9.92. The summed E-state index contributed by atoms with van der Waals surface area (Å²) in [7, 11) is 0. The summed E-state index contributed by atoms with van der Waals surface area (Å²) in [4.78, 5) is 32.7. The van der Waals surface area contributed by atoms with Crippen LogP contribution in [-0.2, 0) is 32.1 Å². The topological polar surface area (TPSA) is 309 Å². The third kappa shape index (κ3) is 11.0. The normalized spacial score (nSPS) is 16.9. The third-order valence-corrected chi connectivity index (χ3v) is 12.4. The number of hydrogen-bond acceptors (Lipinski definition) is 18. The Kier molecular flexibility index (Phi) is 13.7. The molecule has 0 saturated heterocycles. The summed E-state index contributed by atoms with van der Waals surface area (Å²) in [6.45, 7) is 0. The van der Waals surface area contributed by atoms with Crippen molar-refractivity contribution in [3.63, 3.8) is 0 Å². The molecular formula is C51H43N11O10. The van der Waals surface area contributed by atoms with Gasteiger partial charge < -0.3 is 20.4 Å². The zero-order chi connectivity index (χ0) is 50.5. The van der Waals surface area contributed by atoms with Gasteiger partial charge in [-0.1, -0.05) is 12.2 Å². The Bertz CT molecular complexity index is 3370. The van der Waals surface area contributed by atoms with Crippen molar-refractivity contribution in [3.8, 4) is 23.0 Å². The van der Waals surface area contributed by atoms with E-state index in [0.717, 1.165) is 5.70 Å². The number of benzene rings is 4. The minimum atomic E-state index is -0.529. The van der Waals surface area contributed by atoms with Crippen LogP contribution in [-0.4, -0.2) is 35.2 Å². The van der Waals surface area contributed by atoms with E-state index in [1.54, 1.807) is 48.5 Å². The summed E-state index contributed by atoms with van der Waals surface area (Å²) < 4.78 is 0. The lowest BCUT2D eigenvalue weighted by Gasteiger charge is -2.16. The fourth-order valence-electron chi connectivity index (χ4n) is 8.72. The van der Waals surface area contributed by atoms with Crippen molar-refractivity contribution in [1.82, 2.24) is 0 Å². The van der Waals surface area contributed by atoms with Gasteiger partial charge in [-0.2, -0.15) is 40.9 Å². The molecule has 9 rings (SSSR count). The van der Waals surface area contributed by atoms with E-state index in [4.69, 9.17) is 0 Å². The molecule has 4 N–H and O–H groups in total. The molecule has 5 aliphatic carbocycles. The molecule has 362 valence electrons. The fourth-order valence-corrected chi connectivity index (χ4v) is 8.72. The van der Waals surface area contributed by atoms with Crippen LogP contribution in [0, 0.1) is 30.3 Å². The Hall–Kier alpha value is -9.40. The number of fused-ring (bicyclic) bond motifs is 8. The van der Waals surface area contributed by atoms with E-state index in [-0.39, 0.29) is 107 Å². The Labute approximate surface area is 409 Å². The predicted molar refractivity (Wildman–Crippen MR) is 261 cm³/mol. The molecule has 21 nitrogen and oxygen atoms in total. The molecule has 0 radical (unpaired) electrons. The number of aryl methyl sites for hydroxylation is 2. The van der Waals surface area contributed by atoms with Gasteiger partial charge in [-0.3, -0.25) is 30.3 Å². The summed E-state index contributed by atoms with van der Waals surface area (Å²) >= 11 is 0. The molecule has 21 heteroatoms. The van der Waals surface area contributed by atoms with Crippen LogP contribution in [0.25, 0.3) is 0 Å². The highest BCUT2D eigenvalue weighted by atomic mass is 16.6. The van der Waals surface area contributed by atoms with E-state index in [2.05, 4.69) is 40.9 Å². The van der Waals surface area contributed by atoms with Crippen molar-refractivity contribution in [2.24, 2.45) is 40.9 Å². The highest BCUT2D eigenvalue weighted by Crippen LogP contribution is 2.42. The molecule has 0 heterocycles. The number of hydrogen-bond donors (Lipinski definition) is 4. The number of azo groups is 4. The quantitative estimate of drug-likeness (QED) is 0.0625. The predicted octanol–water partition coefficient (Wildman–Crippen LogP) is 12.7. The summed E-state index contributed by atoms with van der Waals surface area (Å²) in [5.74, 6) is -0.520. The number of rotatable bonds is 11. The van der Waals surface area contributed by atoms with Gasteiger partial charge in [-0.05, 0) is 110 Å². The maximum atomic E-state index is 12.2. The van der Waals surface area contributed by atoms with Gasteiger partial charge in [-0.15, -0.1) is 0 Å². The maximum Gasteiger partial charge on any atom is 0.267 e. The van der Waals surface area contributed by atoms with Crippen LogP contribution in [0.5, 0.6) is 23.0 Å². The van der Waals surface area contributed by atoms with Gasteiger partial charge in [0, 0.05) is 96.6 Å². The van der Waals surface area contributed by atoms with Gasteiger partial charge in [0.2, 0.25) is 0 Å². The molecule has 0 saturated carbocycles. The SMILES string of the molecule is O=[N+]([O-])C1=CCC(N=Nc2cc3c(O)c(c2)Cc2cc(N=NC4=CC([N+](=O)[O-])=CC4)cc(c2O)Cc2cc(N=NC4=CC([N+](=O)[O-])=CC4)cc(c2O)Cc2cc(N=NC4=CC=CC4)cc(c2O)CCCC3)=C1. The zero-order valence-corrected chi connectivity index (χ0v) is 38.3. The summed E-state index contributed by atoms with van der Waals surface area (Å²) in [5, 5.41) is 118. The average molecular weight is 970 g/mol. The fraction of sp³-hybridized carbons (Fsp3) is 0.216. The van der Waals surface area contributed by atoms with E-state index >= 15 is 0 Å². The van der Waals surface area contributed by atoms with Gasteiger partial charge >= 0.3 is 0 Å². The lowest BCUT2D eigenvalue weighted by Crippen LogP contribution is -1.99. The smallest absolute Gasteiger partial charge is 0.267 e. The lowest BCUT2D eigenvalue weighted by molar-refractivity contribution is -0.418. The average Bonchev–Trinajstić information content (AvgIpc) is 4.21. The Morgan fingerprint density at radius 2 is 0.681 bits per heavy atom. The van der Waals surface area contributed by atoms with Gasteiger partial charge in [-0.25, -0.2) is 0 Å². The van der Waals surface area contributed by atoms with Gasteiger partial charge in [0.05, 0.1) is 60.3 Å². The number of nitrogens with zero attached hydrogens (tertiary/aromatic N) is 11. The van der Waals surface area contributed by atoms with Crippen molar-refractivity contribution in [1.29, 1.82) is 0 Å². The molecule has 0 fully saturated rings. The first kappa shape index (κ1) is 47.7. The molecule has 0 spiro atoms. The second kappa shape index (κ2) is 20.7. The molecule has 0 aromatic heterocycles. The molecule has 8 bridgehead atoms. The molecule has 0 aliphatic heterocycles. The minimum absolute atomic E-state index is 0.0253. The number of phenols is 4. The molecular weight excluding hydrogens is 927 g/mol. The molecule has 5 aliphatic rings. The van der Waals surface area contributed by atoms with Crippen LogP contribution >= 0.6 is 0 Å². The monoisotopic (exact) mass is 969 g/mol. The highest BCUT2D eigenvalue weighted by Gasteiger charge is 2.23. The largest absolute Gasteiger partial charge is 0.507 e. The third-order valence-electron chi connectivity index (χ3n) is 12.4. The second-order valence-corrected chi connectivity index (χ2v) is 17.5. The number of aromatic hydroxyl groups is 4. The molecule has 0 amide bonds. The summed E-state index contributed by atoms with van der Waals surface area (Å²) in [5.41, 5.74) is 5.59. The highest BCUT2D eigenvalue weighted by molar-refractivity contribution is 5.62. The van der Waals surface area contributed by atoms with E-state index in [1.807, 2.05) is 18.2 Å². The first-order chi connectivity index (χ1) is 34.7. The second-order valence-electron chi connectivity index (χ2n) is 17.5. The van der Waals surface area contributed by atoms with Crippen LogP contribution in [0.4, 0.5) is 22.7 Å². The van der Waals surface area contributed by atoms with Crippen molar-refractivity contribution in [3.05, 3.63) is 218 Å². The van der Waals surface area contributed by atoms with Crippen LogP contribution in [0.2, 0.25) is 0 Å². The van der Waals surface area contributed by atoms with Crippen LogP contribution in [0.1, 0.15) is 83.0 Å². The number of allylic oxidation sites excluding steroid dienone is 9. The van der Waals surface area contributed by atoms with E-state index < -0.39 is 14.8 Å². The van der Waals surface area contributed by atoms with Crippen LogP contribution in [0.15, 0.2) is 184 Å². The van der Waals surface area contributed by atoms with E-state index in [0.29, 0.717) is 88.4 Å². The molecule has 72 heavy (non-hydrogen) atoms. The Morgan fingerprint density at radius 1 is 0.389 bits per heavy atom. The molecule has 4 aromatic carbocycles. The van der Waals surface area contributed by atoms with Gasteiger partial charge in [0.1, 0.15) is 23.0 Å².